The maximum Gasteiger partial charge on any atom is 0.311 e. The summed E-state index contributed by atoms with van der Waals surface area (Å²) in [6.07, 6.45) is 5.35. The molecule has 0 unspecified atom stereocenters. The van der Waals surface area contributed by atoms with Gasteiger partial charge in [-0.1, -0.05) is 27.2 Å². The summed E-state index contributed by atoms with van der Waals surface area (Å²) < 4.78 is 10.8. The molecule has 2 fully saturated rings. The SMILES string of the molecule is CCC(=O)Oc1cc2c(cc1OC(=O)CC)[C@@]1(O)CC[C@]3(C)CCC[C@H]3[C@@H]1CC2=O. The quantitative estimate of drug-likeness (QED) is 0.583. The summed E-state index contributed by atoms with van der Waals surface area (Å²) in [5.74, 6) is -0.712. The van der Waals surface area contributed by atoms with Crippen LogP contribution in [0.3, 0.4) is 0 Å². The predicted octanol–water partition coefficient (Wildman–Crippen LogP) is 4.31. The average Bonchev–Trinajstić information content (AvgIpc) is 3.12. The molecule has 1 aromatic rings. The molecule has 0 bridgehead atoms. The summed E-state index contributed by atoms with van der Waals surface area (Å²) in [5.41, 5.74) is -0.0975. The first kappa shape index (κ1) is 21.0. The normalized spacial score (nSPS) is 32.1. The van der Waals surface area contributed by atoms with Crippen molar-refractivity contribution in [2.75, 3.05) is 0 Å². The first-order valence-electron chi connectivity index (χ1n) is 11.1. The second kappa shape index (κ2) is 7.49. The average molecular weight is 414 g/mol. The fraction of sp³-hybridized carbons (Fsp3) is 0.625. The second-order valence-corrected chi connectivity index (χ2v) is 9.31. The Bertz CT molecular complexity index is 905. The van der Waals surface area contributed by atoms with Crippen LogP contribution in [-0.2, 0) is 15.2 Å². The number of ether oxygens (including phenoxy) is 2. The molecule has 0 heterocycles. The van der Waals surface area contributed by atoms with E-state index in [1.807, 2.05) is 0 Å². The Balaban J connectivity index is 1.81. The number of benzene rings is 1. The molecule has 0 aliphatic heterocycles. The van der Waals surface area contributed by atoms with E-state index in [0.717, 1.165) is 25.7 Å². The van der Waals surface area contributed by atoms with Gasteiger partial charge in [-0.25, -0.2) is 0 Å². The Hall–Kier alpha value is -2.21. The van der Waals surface area contributed by atoms with Crippen LogP contribution < -0.4 is 9.47 Å². The molecule has 6 nitrogen and oxygen atoms in total. The summed E-state index contributed by atoms with van der Waals surface area (Å²) in [7, 11) is 0. The Morgan fingerprint density at radius 1 is 1.03 bits per heavy atom. The summed E-state index contributed by atoms with van der Waals surface area (Å²) >= 11 is 0. The molecule has 4 rings (SSSR count). The van der Waals surface area contributed by atoms with Crippen LogP contribution in [0.15, 0.2) is 12.1 Å². The number of carbonyl (C=O) groups is 3. The van der Waals surface area contributed by atoms with Crippen LogP contribution in [0.1, 0.15) is 88.1 Å². The van der Waals surface area contributed by atoms with Crippen LogP contribution in [0.5, 0.6) is 11.5 Å². The number of esters is 2. The van der Waals surface area contributed by atoms with Crippen molar-refractivity contribution in [1.82, 2.24) is 0 Å². The molecule has 0 radical (unpaired) electrons. The van der Waals surface area contributed by atoms with Gasteiger partial charge in [-0.2, -0.15) is 0 Å². The Kier molecular flexibility index (Phi) is 5.25. The van der Waals surface area contributed by atoms with Gasteiger partial charge in [0.05, 0.1) is 5.60 Å². The zero-order valence-corrected chi connectivity index (χ0v) is 18.0. The zero-order valence-electron chi connectivity index (χ0n) is 18.0. The molecule has 3 aliphatic carbocycles. The molecule has 2 saturated carbocycles. The minimum Gasteiger partial charge on any atom is -0.423 e. The zero-order chi connectivity index (χ0) is 21.7. The topological polar surface area (TPSA) is 89.9 Å². The molecule has 1 aromatic carbocycles. The minimum absolute atomic E-state index is 0.0549. The minimum atomic E-state index is -1.14. The lowest BCUT2D eigenvalue weighted by atomic mass is 9.53. The third-order valence-electron chi connectivity index (χ3n) is 7.62. The van der Waals surface area contributed by atoms with E-state index < -0.39 is 17.5 Å². The third kappa shape index (κ3) is 3.25. The number of rotatable bonds is 4. The van der Waals surface area contributed by atoms with Gasteiger partial charge in [0, 0.05) is 30.7 Å². The molecule has 0 saturated heterocycles. The van der Waals surface area contributed by atoms with E-state index in [0.29, 0.717) is 29.9 Å². The van der Waals surface area contributed by atoms with Crippen LogP contribution in [0, 0.1) is 17.3 Å². The Morgan fingerprint density at radius 3 is 2.30 bits per heavy atom. The van der Waals surface area contributed by atoms with Crippen LogP contribution in [0.4, 0.5) is 0 Å². The molecule has 30 heavy (non-hydrogen) atoms. The number of hydrogen-bond donors (Lipinski definition) is 1. The van der Waals surface area contributed by atoms with Gasteiger partial charge in [0.15, 0.2) is 17.3 Å². The van der Waals surface area contributed by atoms with Gasteiger partial charge in [0.2, 0.25) is 0 Å². The molecule has 0 spiro atoms. The fourth-order valence-corrected chi connectivity index (χ4v) is 5.90. The number of carbonyl (C=O) groups excluding carboxylic acids is 3. The van der Waals surface area contributed by atoms with Gasteiger partial charge in [-0.15, -0.1) is 0 Å². The second-order valence-electron chi connectivity index (χ2n) is 9.31. The number of Topliss-reactive ketones (excluding diaryl/α,β-unsaturated/α-hetero) is 1. The lowest BCUT2D eigenvalue weighted by molar-refractivity contribution is -0.137. The fourth-order valence-electron chi connectivity index (χ4n) is 5.90. The van der Waals surface area contributed by atoms with Crippen molar-refractivity contribution in [3.63, 3.8) is 0 Å². The van der Waals surface area contributed by atoms with Crippen LogP contribution in [-0.4, -0.2) is 22.8 Å². The largest absolute Gasteiger partial charge is 0.423 e. The van der Waals surface area contributed by atoms with Crippen molar-refractivity contribution in [2.24, 2.45) is 17.3 Å². The Morgan fingerprint density at radius 2 is 1.67 bits per heavy atom. The predicted molar refractivity (Wildman–Crippen MR) is 109 cm³/mol. The molecule has 0 amide bonds. The van der Waals surface area contributed by atoms with E-state index in [4.69, 9.17) is 9.47 Å². The van der Waals surface area contributed by atoms with Crippen molar-refractivity contribution < 1.29 is 29.0 Å². The third-order valence-corrected chi connectivity index (χ3v) is 7.62. The lowest BCUT2D eigenvalue weighted by Gasteiger charge is -2.53. The highest BCUT2D eigenvalue weighted by Crippen LogP contribution is 2.62. The van der Waals surface area contributed by atoms with Gasteiger partial charge in [-0.3, -0.25) is 14.4 Å². The summed E-state index contributed by atoms with van der Waals surface area (Å²) in [4.78, 5) is 37.0. The maximum absolute atomic E-state index is 13.1. The van der Waals surface area contributed by atoms with E-state index >= 15 is 0 Å². The van der Waals surface area contributed by atoms with Crippen LogP contribution in [0.25, 0.3) is 0 Å². The van der Waals surface area contributed by atoms with Gasteiger partial charge < -0.3 is 14.6 Å². The molecule has 1 N–H and O–H groups in total. The highest BCUT2D eigenvalue weighted by molar-refractivity contribution is 6.00. The van der Waals surface area contributed by atoms with Gasteiger partial charge in [-0.05, 0) is 54.7 Å². The molecule has 162 valence electrons. The van der Waals surface area contributed by atoms with Crippen molar-refractivity contribution in [3.8, 4) is 11.5 Å². The van der Waals surface area contributed by atoms with Crippen molar-refractivity contribution in [2.45, 2.75) is 77.7 Å². The van der Waals surface area contributed by atoms with Crippen molar-refractivity contribution in [1.29, 1.82) is 0 Å². The van der Waals surface area contributed by atoms with Gasteiger partial charge in [0.25, 0.3) is 0 Å². The summed E-state index contributed by atoms with van der Waals surface area (Å²) in [5, 5.41) is 11.9. The number of aliphatic hydroxyl groups is 1. The van der Waals surface area contributed by atoms with Gasteiger partial charge in [0.1, 0.15) is 0 Å². The molecule has 3 aliphatic rings. The molecule has 0 aromatic heterocycles. The van der Waals surface area contributed by atoms with Gasteiger partial charge >= 0.3 is 11.9 Å². The lowest BCUT2D eigenvalue weighted by Crippen LogP contribution is -2.52. The maximum atomic E-state index is 13.1. The van der Waals surface area contributed by atoms with Crippen LogP contribution in [0.2, 0.25) is 0 Å². The molecular weight excluding hydrogens is 384 g/mol. The van der Waals surface area contributed by atoms with E-state index in [-0.39, 0.29) is 41.5 Å². The van der Waals surface area contributed by atoms with Crippen molar-refractivity contribution >= 4 is 17.7 Å². The first-order valence-corrected chi connectivity index (χ1v) is 11.1. The van der Waals surface area contributed by atoms with E-state index in [1.54, 1.807) is 19.9 Å². The molecule has 6 heteroatoms. The standard InChI is InChI=1S/C24H30O6/c1-4-21(26)29-19-11-14-16(13-20(19)30-22(27)5-2)24(28)10-9-23(3)8-6-7-15(23)17(24)12-18(14)25/h11,13,15,17,28H,4-10,12H2,1-3H3/t15-,17-,23-,24-/m0/s1. The highest BCUT2D eigenvalue weighted by atomic mass is 16.6. The smallest absolute Gasteiger partial charge is 0.311 e. The van der Waals surface area contributed by atoms with E-state index in [9.17, 15) is 19.5 Å². The monoisotopic (exact) mass is 414 g/mol. The highest BCUT2D eigenvalue weighted by Gasteiger charge is 2.58. The van der Waals surface area contributed by atoms with Crippen LogP contribution >= 0.6 is 0 Å². The Labute approximate surface area is 176 Å². The van der Waals surface area contributed by atoms with E-state index in [2.05, 4.69) is 6.92 Å². The number of hydrogen-bond acceptors (Lipinski definition) is 6. The summed E-state index contributed by atoms with van der Waals surface area (Å²) in [6, 6.07) is 3.03. The summed E-state index contributed by atoms with van der Waals surface area (Å²) in [6.45, 7) is 5.62. The molecule has 4 atom stereocenters. The van der Waals surface area contributed by atoms with Crippen molar-refractivity contribution in [3.05, 3.63) is 23.3 Å². The number of ketones is 1. The first-order chi connectivity index (χ1) is 14.2. The molecular formula is C24H30O6. The van der Waals surface area contributed by atoms with E-state index in [1.165, 1.54) is 6.07 Å². The number of fused-ring (bicyclic) bond motifs is 5.